The molecule has 0 amide bonds. The second-order valence-corrected chi connectivity index (χ2v) is 8.20. The monoisotopic (exact) mass is 447 g/mol. The van der Waals surface area contributed by atoms with Crippen LogP contribution in [0.4, 0.5) is 0 Å². The van der Waals surface area contributed by atoms with Gasteiger partial charge in [0.05, 0.1) is 25.4 Å². The average molecular weight is 448 g/mol. The molecule has 2 heterocycles. The van der Waals surface area contributed by atoms with E-state index in [1.807, 2.05) is 42.5 Å². The quantitative estimate of drug-likeness (QED) is 0.397. The number of likely N-dealkylation sites (tertiary alicyclic amines) is 1. The third kappa shape index (κ3) is 6.14. The number of aromatic nitrogens is 1. The predicted octanol–water partition coefficient (Wildman–Crippen LogP) is 4.24. The van der Waals surface area contributed by atoms with Gasteiger partial charge in [-0.1, -0.05) is 36.8 Å². The highest BCUT2D eigenvalue weighted by Crippen LogP contribution is 2.26. The summed E-state index contributed by atoms with van der Waals surface area (Å²) in [7, 11) is 3.49. The van der Waals surface area contributed by atoms with Gasteiger partial charge in [0.25, 0.3) is 0 Å². The van der Waals surface area contributed by atoms with Crippen LogP contribution < -0.4 is 15.4 Å². The maximum atomic E-state index is 5.64. The van der Waals surface area contributed by atoms with Gasteiger partial charge in [-0.05, 0) is 55.8 Å². The van der Waals surface area contributed by atoms with Crippen molar-refractivity contribution in [3.8, 4) is 17.2 Å². The Morgan fingerprint density at radius 2 is 1.82 bits per heavy atom. The zero-order chi connectivity index (χ0) is 22.9. The molecule has 2 aromatic carbocycles. The lowest BCUT2D eigenvalue weighted by Gasteiger charge is -2.35. The van der Waals surface area contributed by atoms with E-state index in [0.717, 1.165) is 42.6 Å². The van der Waals surface area contributed by atoms with Gasteiger partial charge in [-0.2, -0.15) is 0 Å². The molecule has 1 atom stereocenters. The highest BCUT2D eigenvalue weighted by Gasteiger charge is 2.22. The Morgan fingerprint density at radius 1 is 1.06 bits per heavy atom. The van der Waals surface area contributed by atoms with Crippen LogP contribution in [-0.4, -0.2) is 49.6 Å². The van der Waals surface area contributed by atoms with Crippen molar-refractivity contribution in [3.05, 3.63) is 72.1 Å². The third-order valence-corrected chi connectivity index (χ3v) is 6.03. The van der Waals surface area contributed by atoms with Gasteiger partial charge in [-0.25, -0.2) is 4.98 Å². The van der Waals surface area contributed by atoms with Crippen molar-refractivity contribution in [2.75, 3.05) is 33.8 Å². The van der Waals surface area contributed by atoms with Crippen molar-refractivity contribution < 1.29 is 9.15 Å². The molecule has 4 rings (SSSR count). The minimum atomic E-state index is 0.270. The minimum Gasteiger partial charge on any atom is -0.497 e. The lowest BCUT2D eigenvalue weighted by molar-refractivity contribution is 0.164. The summed E-state index contributed by atoms with van der Waals surface area (Å²) in [5.74, 6) is 2.25. The summed E-state index contributed by atoms with van der Waals surface area (Å²) in [6.07, 6.45) is 5.49. The molecule has 0 spiro atoms. The number of ether oxygens (including phenoxy) is 1. The van der Waals surface area contributed by atoms with Crippen molar-refractivity contribution in [1.82, 2.24) is 20.5 Å². The van der Waals surface area contributed by atoms with Gasteiger partial charge in [0, 0.05) is 19.2 Å². The van der Waals surface area contributed by atoms with E-state index in [4.69, 9.17) is 9.15 Å². The summed E-state index contributed by atoms with van der Waals surface area (Å²) < 4.78 is 11.0. The summed E-state index contributed by atoms with van der Waals surface area (Å²) in [5, 5.41) is 6.87. The summed E-state index contributed by atoms with van der Waals surface area (Å²) in [6, 6.07) is 18.6. The molecule has 1 unspecified atom stereocenters. The van der Waals surface area contributed by atoms with E-state index in [1.165, 1.54) is 24.8 Å². The van der Waals surface area contributed by atoms with Crippen LogP contribution in [0.25, 0.3) is 11.5 Å². The number of methoxy groups -OCH3 is 1. The smallest absolute Gasteiger partial charge is 0.226 e. The molecule has 1 aromatic heterocycles. The molecule has 0 bridgehead atoms. The molecule has 2 N–H and O–H groups in total. The predicted molar refractivity (Wildman–Crippen MR) is 131 cm³/mol. The first-order valence-electron chi connectivity index (χ1n) is 11.6. The molecule has 0 radical (unpaired) electrons. The highest BCUT2D eigenvalue weighted by atomic mass is 16.5. The second-order valence-electron chi connectivity index (χ2n) is 8.20. The first-order valence-corrected chi connectivity index (χ1v) is 11.6. The largest absolute Gasteiger partial charge is 0.497 e. The molecule has 7 nitrogen and oxygen atoms in total. The molecule has 0 aliphatic carbocycles. The van der Waals surface area contributed by atoms with Crippen molar-refractivity contribution in [1.29, 1.82) is 0 Å². The first-order chi connectivity index (χ1) is 16.3. The van der Waals surface area contributed by atoms with Crippen molar-refractivity contribution >= 4 is 5.96 Å². The molecule has 3 aromatic rings. The van der Waals surface area contributed by atoms with Crippen LogP contribution >= 0.6 is 0 Å². The summed E-state index contributed by atoms with van der Waals surface area (Å²) in [5.41, 5.74) is 3.08. The van der Waals surface area contributed by atoms with Gasteiger partial charge in [-0.3, -0.25) is 9.89 Å². The molecule has 1 fully saturated rings. The zero-order valence-corrected chi connectivity index (χ0v) is 19.5. The van der Waals surface area contributed by atoms with Gasteiger partial charge in [0.15, 0.2) is 5.96 Å². The van der Waals surface area contributed by atoms with Gasteiger partial charge in [-0.15, -0.1) is 0 Å². The van der Waals surface area contributed by atoms with E-state index in [1.54, 1.807) is 20.4 Å². The molecule has 0 saturated carbocycles. The topological polar surface area (TPSA) is 74.9 Å². The summed E-state index contributed by atoms with van der Waals surface area (Å²) >= 11 is 0. The zero-order valence-electron chi connectivity index (χ0n) is 19.5. The van der Waals surface area contributed by atoms with E-state index in [0.29, 0.717) is 12.4 Å². The fourth-order valence-electron chi connectivity index (χ4n) is 4.20. The number of nitrogens with one attached hydrogen (secondary N) is 2. The Labute approximate surface area is 195 Å². The van der Waals surface area contributed by atoms with E-state index < -0.39 is 0 Å². The third-order valence-electron chi connectivity index (χ3n) is 6.03. The van der Waals surface area contributed by atoms with Crippen LogP contribution in [-0.2, 0) is 6.54 Å². The van der Waals surface area contributed by atoms with Crippen molar-refractivity contribution in [3.63, 3.8) is 0 Å². The number of benzene rings is 2. The van der Waals surface area contributed by atoms with Crippen LogP contribution in [0.1, 0.15) is 36.6 Å². The molecule has 1 aliphatic heterocycles. The first kappa shape index (κ1) is 22.9. The number of guanidine groups is 1. The average Bonchev–Trinajstić information content (AvgIpc) is 3.36. The number of hydrogen-bond acceptors (Lipinski definition) is 5. The van der Waals surface area contributed by atoms with Crippen LogP contribution in [0.3, 0.4) is 0 Å². The van der Waals surface area contributed by atoms with Crippen LogP contribution in [0.5, 0.6) is 5.75 Å². The Balaban J connectivity index is 1.37. The highest BCUT2D eigenvalue weighted by molar-refractivity contribution is 5.79. The second kappa shape index (κ2) is 11.5. The molecular weight excluding hydrogens is 414 g/mol. The van der Waals surface area contributed by atoms with Crippen molar-refractivity contribution in [2.45, 2.75) is 31.8 Å². The Kier molecular flexibility index (Phi) is 7.98. The Bertz CT molecular complexity index is 1010. The molecule has 33 heavy (non-hydrogen) atoms. The molecule has 1 aliphatic rings. The standard InChI is InChI=1S/C26H33N5O2/c1-27-26(28-17-22-19-33-25(30-22)21-9-5-3-6-10-21)29-18-24(31-15-7-4-8-16-31)20-11-13-23(32-2)14-12-20/h3,5-6,9-14,19,24H,4,7-8,15-18H2,1-2H3,(H2,27,28,29). The van der Waals surface area contributed by atoms with E-state index in [9.17, 15) is 0 Å². The van der Waals surface area contributed by atoms with Crippen LogP contribution in [0.2, 0.25) is 0 Å². The lowest BCUT2D eigenvalue weighted by atomic mass is 10.0. The molecular formula is C26H33N5O2. The van der Waals surface area contributed by atoms with E-state index in [2.05, 4.69) is 37.6 Å². The SMILES string of the molecule is CN=C(NCc1coc(-c2ccccc2)n1)NCC(c1ccc(OC)cc1)N1CCCCC1. The normalized spacial score (nSPS) is 15.8. The fraction of sp³-hybridized carbons (Fsp3) is 0.385. The van der Waals surface area contributed by atoms with Crippen LogP contribution in [0, 0.1) is 0 Å². The van der Waals surface area contributed by atoms with Gasteiger partial charge < -0.3 is 19.8 Å². The Hall–Kier alpha value is -3.32. The lowest BCUT2D eigenvalue weighted by Crippen LogP contribution is -2.44. The number of aliphatic imine (C=N–C) groups is 1. The fourth-order valence-corrected chi connectivity index (χ4v) is 4.20. The van der Waals surface area contributed by atoms with Gasteiger partial charge >= 0.3 is 0 Å². The van der Waals surface area contributed by atoms with Crippen LogP contribution in [0.15, 0.2) is 70.3 Å². The summed E-state index contributed by atoms with van der Waals surface area (Å²) in [6.45, 7) is 3.53. The minimum absolute atomic E-state index is 0.270. The molecule has 1 saturated heterocycles. The molecule has 7 heteroatoms. The van der Waals surface area contributed by atoms with E-state index >= 15 is 0 Å². The number of hydrogen-bond donors (Lipinski definition) is 2. The summed E-state index contributed by atoms with van der Waals surface area (Å²) in [4.78, 5) is 11.6. The van der Waals surface area contributed by atoms with E-state index in [-0.39, 0.29) is 6.04 Å². The number of nitrogens with zero attached hydrogens (tertiary/aromatic N) is 3. The number of piperidine rings is 1. The maximum Gasteiger partial charge on any atom is 0.226 e. The van der Waals surface area contributed by atoms with Gasteiger partial charge in [0.1, 0.15) is 12.0 Å². The number of oxazole rings is 1. The van der Waals surface area contributed by atoms with Crippen molar-refractivity contribution in [2.24, 2.45) is 4.99 Å². The number of rotatable bonds is 8. The molecule has 174 valence electrons. The van der Waals surface area contributed by atoms with Gasteiger partial charge in [0.2, 0.25) is 5.89 Å². The maximum absolute atomic E-state index is 5.64. The Morgan fingerprint density at radius 3 is 2.52 bits per heavy atom.